The second kappa shape index (κ2) is 11.5. The molecule has 2 aromatic heterocycles. The molecule has 0 atom stereocenters. The zero-order chi connectivity index (χ0) is 27.4. The summed E-state index contributed by atoms with van der Waals surface area (Å²) in [6, 6.07) is 10.3. The van der Waals surface area contributed by atoms with Crippen LogP contribution < -0.4 is 16.0 Å². The second-order valence-corrected chi connectivity index (χ2v) is 9.19. The number of aryl methyl sites for hydroxylation is 1. The number of Topliss-reactive ketones (excluding diaryl/α,β-unsaturated/α-hetero) is 1. The smallest absolute Gasteiger partial charge is 0.323 e. The molecular weight excluding hydrogens is 503 g/mol. The third-order valence-electron chi connectivity index (χ3n) is 6.41. The first kappa shape index (κ1) is 26.2. The molecule has 202 valence electrons. The van der Waals surface area contributed by atoms with Crippen LogP contribution in [0.4, 0.5) is 26.5 Å². The predicted octanol–water partition coefficient (Wildman–Crippen LogP) is 3.76. The van der Waals surface area contributed by atoms with Crippen LogP contribution in [0.3, 0.4) is 0 Å². The molecule has 5 rings (SSSR count). The van der Waals surface area contributed by atoms with Crippen LogP contribution in [-0.4, -0.2) is 75.9 Å². The average molecular weight is 533 g/mol. The fourth-order valence-electron chi connectivity index (χ4n) is 4.35. The van der Waals surface area contributed by atoms with Crippen molar-refractivity contribution in [3.8, 4) is 11.3 Å². The summed E-state index contributed by atoms with van der Waals surface area (Å²) in [5, 5.41) is 13.6. The first-order chi connectivity index (χ1) is 18.9. The van der Waals surface area contributed by atoms with Crippen molar-refractivity contribution in [2.24, 2.45) is 7.05 Å². The Morgan fingerprint density at radius 3 is 2.69 bits per heavy atom. The van der Waals surface area contributed by atoms with Crippen LogP contribution in [0, 0.1) is 5.82 Å². The summed E-state index contributed by atoms with van der Waals surface area (Å²) in [4.78, 5) is 35.3. The van der Waals surface area contributed by atoms with Gasteiger partial charge in [0.2, 0.25) is 5.95 Å². The monoisotopic (exact) mass is 532 g/mol. The molecular formula is C27H29FN8O3. The first-order valence-electron chi connectivity index (χ1n) is 12.6. The van der Waals surface area contributed by atoms with Crippen molar-refractivity contribution in [1.29, 1.82) is 0 Å². The van der Waals surface area contributed by atoms with E-state index in [4.69, 9.17) is 4.74 Å². The zero-order valence-corrected chi connectivity index (χ0v) is 21.7. The van der Waals surface area contributed by atoms with Gasteiger partial charge in [0, 0.05) is 56.2 Å². The Hall–Kier alpha value is -4.42. The summed E-state index contributed by atoms with van der Waals surface area (Å²) in [5.41, 5.74) is 2.56. The highest BCUT2D eigenvalue weighted by molar-refractivity contribution is 6.01. The maximum atomic E-state index is 15.0. The van der Waals surface area contributed by atoms with Crippen molar-refractivity contribution >= 4 is 40.2 Å². The van der Waals surface area contributed by atoms with E-state index >= 15 is 0 Å². The van der Waals surface area contributed by atoms with Gasteiger partial charge in [-0.15, -0.1) is 0 Å². The van der Waals surface area contributed by atoms with Gasteiger partial charge in [-0.25, -0.2) is 18.9 Å². The van der Waals surface area contributed by atoms with Crippen molar-refractivity contribution in [3.05, 3.63) is 60.0 Å². The summed E-state index contributed by atoms with van der Waals surface area (Å²) >= 11 is 0. The van der Waals surface area contributed by atoms with E-state index in [0.717, 1.165) is 32.8 Å². The SMILES string of the molecule is CC(=O)c1cccc(NC(=O)Nc2ccc(-c3nn(C)c4nc(NCCN5CCOCC5)ncc34)cc2F)c1. The minimum Gasteiger partial charge on any atom is -0.379 e. The Morgan fingerprint density at radius 1 is 1.10 bits per heavy atom. The van der Waals surface area contributed by atoms with E-state index in [1.807, 2.05) is 0 Å². The normalized spacial score (nSPS) is 13.8. The van der Waals surface area contributed by atoms with Crippen molar-refractivity contribution in [3.63, 3.8) is 0 Å². The van der Waals surface area contributed by atoms with E-state index in [-0.39, 0.29) is 11.5 Å². The maximum Gasteiger partial charge on any atom is 0.323 e. The van der Waals surface area contributed by atoms with E-state index in [9.17, 15) is 14.0 Å². The van der Waals surface area contributed by atoms with Crippen molar-refractivity contribution in [2.45, 2.75) is 6.92 Å². The Morgan fingerprint density at radius 2 is 1.92 bits per heavy atom. The lowest BCUT2D eigenvalue weighted by molar-refractivity contribution is 0.0398. The lowest BCUT2D eigenvalue weighted by Gasteiger charge is -2.26. The van der Waals surface area contributed by atoms with Crippen LogP contribution in [0.25, 0.3) is 22.3 Å². The number of halogens is 1. The maximum absolute atomic E-state index is 15.0. The largest absolute Gasteiger partial charge is 0.379 e. The molecule has 0 aliphatic carbocycles. The van der Waals surface area contributed by atoms with Crippen molar-refractivity contribution in [1.82, 2.24) is 24.6 Å². The minimum absolute atomic E-state index is 0.00205. The van der Waals surface area contributed by atoms with Crippen LogP contribution in [0.15, 0.2) is 48.7 Å². The third kappa shape index (κ3) is 6.19. The number of urea groups is 1. The van der Waals surface area contributed by atoms with Gasteiger partial charge in [0.15, 0.2) is 11.4 Å². The van der Waals surface area contributed by atoms with Crippen molar-refractivity contribution < 1.29 is 18.7 Å². The quantitative estimate of drug-likeness (QED) is 0.293. The fourth-order valence-corrected chi connectivity index (χ4v) is 4.35. The molecule has 39 heavy (non-hydrogen) atoms. The molecule has 1 saturated heterocycles. The van der Waals surface area contributed by atoms with Crippen LogP contribution >= 0.6 is 0 Å². The topological polar surface area (TPSA) is 126 Å². The van der Waals surface area contributed by atoms with E-state index in [0.29, 0.717) is 46.0 Å². The van der Waals surface area contributed by atoms with Gasteiger partial charge in [-0.3, -0.25) is 9.69 Å². The number of fused-ring (bicyclic) bond motifs is 1. The number of hydrogen-bond acceptors (Lipinski definition) is 8. The molecule has 0 unspecified atom stereocenters. The van der Waals surface area contributed by atoms with Gasteiger partial charge in [-0.2, -0.15) is 10.1 Å². The summed E-state index contributed by atoms with van der Waals surface area (Å²) in [6.07, 6.45) is 1.68. The number of aromatic nitrogens is 4. The van der Waals surface area contributed by atoms with Crippen LogP contribution in [-0.2, 0) is 11.8 Å². The predicted molar refractivity (Wildman–Crippen MR) is 147 cm³/mol. The summed E-state index contributed by atoms with van der Waals surface area (Å²) in [5.74, 6) is -0.249. The molecule has 0 saturated carbocycles. The van der Waals surface area contributed by atoms with E-state index in [1.165, 1.54) is 19.1 Å². The van der Waals surface area contributed by atoms with Gasteiger partial charge in [0.05, 0.1) is 24.3 Å². The number of nitrogens with one attached hydrogen (secondary N) is 3. The third-order valence-corrected chi connectivity index (χ3v) is 6.41. The van der Waals surface area contributed by atoms with Gasteiger partial charge in [-0.1, -0.05) is 18.2 Å². The number of nitrogens with zero attached hydrogens (tertiary/aromatic N) is 5. The van der Waals surface area contributed by atoms with Crippen LogP contribution in [0.1, 0.15) is 17.3 Å². The number of morpholine rings is 1. The highest BCUT2D eigenvalue weighted by Crippen LogP contribution is 2.29. The number of anilines is 3. The highest BCUT2D eigenvalue weighted by Gasteiger charge is 2.17. The summed E-state index contributed by atoms with van der Waals surface area (Å²) < 4.78 is 22.0. The number of carbonyl (C=O) groups excluding carboxylic acids is 2. The second-order valence-electron chi connectivity index (χ2n) is 9.19. The summed E-state index contributed by atoms with van der Waals surface area (Å²) in [7, 11) is 1.77. The molecule has 12 heteroatoms. The van der Waals surface area contributed by atoms with Gasteiger partial charge in [-0.05, 0) is 31.2 Å². The first-order valence-corrected chi connectivity index (χ1v) is 12.6. The number of hydrogen-bond donors (Lipinski definition) is 3. The molecule has 1 aliphatic heterocycles. The lowest BCUT2D eigenvalue weighted by atomic mass is 10.1. The molecule has 0 spiro atoms. The zero-order valence-electron chi connectivity index (χ0n) is 21.7. The van der Waals surface area contributed by atoms with Crippen molar-refractivity contribution in [2.75, 3.05) is 55.3 Å². The lowest BCUT2D eigenvalue weighted by Crippen LogP contribution is -2.39. The standard InChI is InChI=1S/C27H29FN8O3/c1-17(37)18-4-3-5-20(14-18)31-27(38)32-23-7-6-19(15-22(23)28)24-21-16-30-26(33-25(21)35(2)34-24)29-8-9-36-10-12-39-13-11-36/h3-7,14-16H,8-13H2,1-2H3,(H,29,30,33)(H2,31,32,38). The fraction of sp³-hybridized carbons (Fsp3) is 0.296. The number of carbonyl (C=O) groups is 2. The molecule has 4 aromatic rings. The van der Waals surface area contributed by atoms with E-state index < -0.39 is 11.8 Å². The Kier molecular flexibility index (Phi) is 7.75. The number of ether oxygens (including phenoxy) is 1. The number of ketones is 1. The number of amides is 2. The molecule has 3 heterocycles. The van der Waals surface area contributed by atoms with Crippen LogP contribution in [0.5, 0.6) is 0 Å². The molecule has 1 fully saturated rings. The molecule has 0 bridgehead atoms. The Balaban J connectivity index is 1.26. The van der Waals surface area contributed by atoms with Crippen LogP contribution in [0.2, 0.25) is 0 Å². The van der Waals surface area contributed by atoms with E-state index in [2.05, 4.69) is 35.9 Å². The Labute approximate surface area is 224 Å². The molecule has 11 nitrogen and oxygen atoms in total. The number of benzene rings is 2. The average Bonchev–Trinajstić information content (AvgIpc) is 3.26. The molecule has 2 amide bonds. The Bertz CT molecular complexity index is 1520. The summed E-state index contributed by atoms with van der Waals surface area (Å²) in [6.45, 7) is 6.34. The molecule has 0 radical (unpaired) electrons. The minimum atomic E-state index is -0.632. The van der Waals surface area contributed by atoms with Gasteiger partial charge >= 0.3 is 6.03 Å². The molecule has 1 aliphatic rings. The van der Waals surface area contributed by atoms with Gasteiger partial charge in [0.25, 0.3) is 0 Å². The van der Waals surface area contributed by atoms with E-state index in [1.54, 1.807) is 48.3 Å². The molecule has 2 aromatic carbocycles. The van der Waals surface area contributed by atoms with Gasteiger partial charge < -0.3 is 20.7 Å². The van der Waals surface area contributed by atoms with Gasteiger partial charge in [0.1, 0.15) is 11.5 Å². The molecule has 3 N–H and O–H groups in total. The number of rotatable bonds is 8. The highest BCUT2D eigenvalue weighted by atomic mass is 19.1.